The van der Waals surface area contributed by atoms with Crippen molar-refractivity contribution in [2.75, 3.05) is 44.4 Å². The first-order chi connectivity index (χ1) is 10.7. The summed E-state index contributed by atoms with van der Waals surface area (Å²) >= 11 is 1.41. The van der Waals surface area contributed by atoms with Gasteiger partial charge in [0.1, 0.15) is 5.75 Å². The molecule has 0 saturated heterocycles. The SMILES string of the molecule is O=C(NCCSCC(=O)[N+](CCO)CCO)c1ccccc1. The normalized spacial score (nSPS) is 10.7. The molecule has 1 radical (unpaired) electrons. The number of nitrogens with one attached hydrogen (secondary N) is 1. The number of nitrogens with zero attached hydrogens (tertiary/aromatic N) is 1. The van der Waals surface area contributed by atoms with Gasteiger partial charge in [0.15, 0.2) is 13.1 Å². The molecule has 1 aromatic carbocycles. The van der Waals surface area contributed by atoms with Crippen LogP contribution in [0.2, 0.25) is 0 Å². The minimum absolute atomic E-state index is 0.121. The molecule has 0 aliphatic heterocycles. The summed E-state index contributed by atoms with van der Waals surface area (Å²) in [4.78, 5) is 25.0. The molecule has 0 fully saturated rings. The highest BCUT2D eigenvalue weighted by Crippen LogP contribution is 2.02. The van der Waals surface area contributed by atoms with Crippen molar-refractivity contribution in [1.82, 2.24) is 10.2 Å². The van der Waals surface area contributed by atoms with E-state index in [1.54, 1.807) is 24.3 Å². The number of hydrogen-bond acceptors (Lipinski definition) is 5. The van der Waals surface area contributed by atoms with Gasteiger partial charge < -0.3 is 15.5 Å². The fourth-order valence-corrected chi connectivity index (χ4v) is 2.53. The number of aliphatic hydroxyl groups excluding tert-OH is 2. The van der Waals surface area contributed by atoms with Gasteiger partial charge >= 0.3 is 5.91 Å². The highest BCUT2D eigenvalue weighted by atomic mass is 32.2. The summed E-state index contributed by atoms with van der Waals surface area (Å²) in [5.74, 6) is 0.634. The number of amides is 2. The molecule has 1 aromatic rings. The van der Waals surface area contributed by atoms with E-state index in [2.05, 4.69) is 5.32 Å². The zero-order chi connectivity index (χ0) is 16.2. The molecule has 0 aromatic heterocycles. The van der Waals surface area contributed by atoms with E-state index < -0.39 is 0 Å². The quantitative estimate of drug-likeness (QED) is 0.409. The molecule has 0 aliphatic carbocycles. The smallest absolute Gasteiger partial charge is 0.371 e. The minimum atomic E-state index is -0.130. The van der Waals surface area contributed by atoms with E-state index in [0.717, 1.165) is 0 Å². The average Bonchev–Trinajstić information content (AvgIpc) is 2.54. The largest absolute Gasteiger partial charge is 0.390 e. The predicted molar refractivity (Wildman–Crippen MR) is 87.1 cm³/mol. The third kappa shape index (κ3) is 7.04. The van der Waals surface area contributed by atoms with Crippen LogP contribution in [0.25, 0.3) is 0 Å². The lowest BCUT2D eigenvalue weighted by atomic mass is 10.2. The Balaban J connectivity index is 2.19. The molecular weight excluding hydrogens is 304 g/mol. The number of thioether (sulfide) groups is 1. The fraction of sp³-hybridized carbons (Fsp3) is 0.467. The molecule has 2 amide bonds. The summed E-state index contributed by atoms with van der Waals surface area (Å²) in [7, 11) is 0. The van der Waals surface area contributed by atoms with Gasteiger partial charge in [0, 0.05) is 17.9 Å². The minimum Gasteiger partial charge on any atom is -0.390 e. The van der Waals surface area contributed by atoms with Gasteiger partial charge in [0.2, 0.25) is 0 Å². The lowest BCUT2D eigenvalue weighted by Crippen LogP contribution is -2.42. The molecule has 3 N–H and O–H groups in total. The molecule has 7 heteroatoms. The van der Waals surface area contributed by atoms with E-state index in [1.165, 1.54) is 16.7 Å². The zero-order valence-electron chi connectivity index (χ0n) is 12.4. The van der Waals surface area contributed by atoms with E-state index in [-0.39, 0.29) is 43.9 Å². The van der Waals surface area contributed by atoms with Crippen molar-refractivity contribution < 1.29 is 19.8 Å². The van der Waals surface area contributed by atoms with Gasteiger partial charge in [-0.05, 0) is 12.1 Å². The summed E-state index contributed by atoms with van der Waals surface area (Å²) in [5.41, 5.74) is 0.612. The van der Waals surface area contributed by atoms with Crippen molar-refractivity contribution >= 4 is 23.6 Å². The standard InChI is InChI=1S/C15H22N2O4S/c18-9-7-17(8-10-19)14(20)12-22-11-6-16-15(21)13-4-2-1-3-5-13/h1-5,18-19H,6-12H2,(H,16,21)/q+1. The number of benzene rings is 1. The van der Waals surface area contributed by atoms with E-state index in [9.17, 15) is 9.59 Å². The van der Waals surface area contributed by atoms with Gasteiger partial charge in [-0.15, -0.1) is 11.8 Å². The summed E-state index contributed by atoms with van der Waals surface area (Å²) in [6.07, 6.45) is 0. The lowest BCUT2D eigenvalue weighted by molar-refractivity contribution is -0.123. The number of carbonyl (C=O) groups excluding carboxylic acids is 2. The Bertz CT molecular complexity index is 450. The monoisotopic (exact) mass is 326 g/mol. The van der Waals surface area contributed by atoms with Crippen LogP contribution in [0.1, 0.15) is 10.4 Å². The van der Waals surface area contributed by atoms with Crippen molar-refractivity contribution in [3.63, 3.8) is 0 Å². The maximum Gasteiger partial charge on any atom is 0.371 e. The molecule has 0 heterocycles. The second-order valence-corrected chi connectivity index (χ2v) is 5.61. The van der Waals surface area contributed by atoms with Gasteiger partial charge in [0.25, 0.3) is 5.91 Å². The maximum atomic E-state index is 11.8. The van der Waals surface area contributed by atoms with E-state index in [4.69, 9.17) is 10.2 Å². The summed E-state index contributed by atoms with van der Waals surface area (Å²) in [6, 6.07) is 8.95. The van der Waals surface area contributed by atoms with Crippen LogP contribution >= 0.6 is 11.8 Å². The fourth-order valence-electron chi connectivity index (χ4n) is 1.78. The van der Waals surface area contributed by atoms with Crippen molar-refractivity contribution in [3.05, 3.63) is 35.9 Å². The summed E-state index contributed by atoms with van der Waals surface area (Å²) in [6.45, 7) is 0.689. The van der Waals surface area contributed by atoms with Gasteiger partial charge in [-0.3, -0.25) is 4.79 Å². The van der Waals surface area contributed by atoms with Crippen LogP contribution in [0, 0.1) is 0 Å². The van der Waals surface area contributed by atoms with E-state index in [1.807, 2.05) is 6.07 Å². The molecular formula is C15H22N2O4S+. The Morgan fingerprint density at radius 3 is 2.32 bits per heavy atom. The Kier molecular flexibility index (Phi) is 9.49. The topological polar surface area (TPSA) is 92.5 Å². The molecule has 0 bridgehead atoms. The molecule has 0 spiro atoms. The Morgan fingerprint density at radius 1 is 1.09 bits per heavy atom. The molecule has 0 atom stereocenters. The molecule has 0 aliphatic rings. The number of aliphatic hydroxyl groups is 2. The highest BCUT2D eigenvalue weighted by molar-refractivity contribution is 7.99. The van der Waals surface area contributed by atoms with Gasteiger partial charge in [-0.25, -0.2) is 4.79 Å². The molecule has 0 saturated carbocycles. The Morgan fingerprint density at radius 2 is 1.73 bits per heavy atom. The maximum absolute atomic E-state index is 11.8. The summed E-state index contributed by atoms with van der Waals surface area (Å²) < 4.78 is 0. The van der Waals surface area contributed by atoms with Crippen LogP contribution in [0.3, 0.4) is 0 Å². The van der Waals surface area contributed by atoms with Crippen molar-refractivity contribution in [1.29, 1.82) is 0 Å². The number of rotatable bonds is 10. The molecule has 6 nitrogen and oxygen atoms in total. The first-order valence-corrected chi connectivity index (χ1v) is 8.25. The van der Waals surface area contributed by atoms with E-state index >= 15 is 0 Å². The lowest BCUT2D eigenvalue weighted by Gasteiger charge is -2.08. The van der Waals surface area contributed by atoms with Crippen molar-refractivity contribution in [2.45, 2.75) is 0 Å². The van der Waals surface area contributed by atoms with Gasteiger partial charge in [-0.1, -0.05) is 23.1 Å². The van der Waals surface area contributed by atoms with Crippen LogP contribution in [0.5, 0.6) is 0 Å². The molecule has 22 heavy (non-hydrogen) atoms. The number of carbonyl (C=O) groups is 2. The van der Waals surface area contributed by atoms with Crippen LogP contribution in [0.15, 0.2) is 30.3 Å². The summed E-state index contributed by atoms with van der Waals surface area (Å²) in [5, 5.41) is 20.5. The first kappa shape index (κ1) is 18.6. The van der Waals surface area contributed by atoms with E-state index in [0.29, 0.717) is 17.9 Å². The van der Waals surface area contributed by atoms with Gasteiger partial charge in [0.05, 0.1) is 13.2 Å². The van der Waals surface area contributed by atoms with Crippen molar-refractivity contribution in [2.24, 2.45) is 0 Å². The highest BCUT2D eigenvalue weighted by Gasteiger charge is 2.24. The first-order valence-electron chi connectivity index (χ1n) is 7.09. The van der Waals surface area contributed by atoms with Gasteiger partial charge in [-0.2, -0.15) is 0 Å². The average molecular weight is 326 g/mol. The second-order valence-electron chi connectivity index (χ2n) is 4.50. The molecule has 0 unspecified atom stereocenters. The van der Waals surface area contributed by atoms with Crippen molar-refractivity contribution in [3.8, 4) is 0 Å². The zero-order valence-corrected chi connectivity index (χ0v) is 13.2. The van der Waals surface area contributed by atoms with Crippen LogP contribution in [0.4, 0.5) is 0 Å². The molecule has 121 valence electrons. The number of hydrogen-bond donors (Lipinski definition) is 3. The Labute approximate surface area is 134 Å². The second kappa shape index (κ2) is 11.2. The third-order valence-electron chi connectivity index (χ3n) is 2.89. The van der Waals surface area contributed by atoms with Crippen LogP contribution in [-0.2, 0) is 4.79 Å². The molecule has 1 rings (SSSR count). The Hall–Kier alpha value is -1.41. The van der Waals surface area contributed by atoms with Crippen LogP contribution < -0.4 is 10.2 Å². The third-order valence-corrected chi connectivity index (χ3v) is 3.83. The predicted octanol–water partition coefficient (Wildman–Crippen LogP) is -0.199. The van der Waals surface area contributed by atoms with Crippen LogP contribution in [-0.4, -0.2) is 66.4 Å².